The summed E-state index contributed by atoms with van der Waals surface area (Å²) in [5, 5.41) is 22.7. The summed E-state index contributed by atoms with van der Waals surface area (Å²) < 4.78 is 27.9. The highest BCUT2D eigenvalue weighted by molar-refractivity contribution is 6.01. The molecule has 0 unspecified atom stereocenters. The van der Waals surface area contributed by atoms with Crippen LogP contribution in [-0.4, -0.2) is 143 Å². The molecule has 4 rings (SSSR count). The molecular formula is C64H100F2N10O9. The molecule has 0 aromatic heterocycles. The van der Waals surface area contributed by atoms with E-state index in [0.717, 1.165) is 37.7 Å². The van der Waals surface area contributed by atoms with Crippen LogP contribution in [-0.2, 0) is 44.8 Å². The first-order valence-electron chi connectivity index (χ1n) is 30.5. The van der Waals surface area contributed by atoms with Crippen LogP contribution in [0.3, 0.4) is 0 Å². The van der Waals surface area contributed by atoms with Crippen LogP contribution in [0.25, 0.3) is 0 Å². The van der Waals surface area contributed by atoms with E-state index in [2.05, 4.69) is 42.5 Å². The van der Waals surface area contributed by atoms with Gasteiger partial charge in [0.25, 0.3) is 5.91 Å². The van der Waals surface area contributed by atoms with Crippen molar-refractivity contribution in [3.8, 4) is 0 Å². The first-order chi connectivity index (χ1) is 39.6. The maximum absolute atomic E-state index is 14.7. The van der Waals surface area contributed by atoms with Crippen molar-refractivity contribution in [1.82, 2.24) is 52.3 Å². The largest absolute Gasteiger partial charge is 0.350 e. The Morgan fingerprint density at radius 3 is 1.48 bits per heavy atom. The molecule has 2 aliphatic rings. The molecule has 2 aromatic carbocycles. The monoisotopic (exact) mass is 1190 g/mol. The summed E-state index contributed by atoms with van der Waals surface area (Å²) in [5.41, 5.74) is -3.57. The fraction of sp³-hybridized carbons (Fsp3) is 0.672. The van der Waals surface area contributed by atoms with E-state index in [1.165, 1.54) is 69.0 Å². The number of hydrogen-bond acceptors (Lipinski definition) is 10. The normalized spacial score (nSPS) is 17.8. The SMILES string of the molecule is CC(C)C[C@H](NC(=O)[C@H](CCC1CCCCC1)NC(=O)[C@@H]1C[C@@H](Cc2ccc(F)cc2)CN1C(=O)c1ccc(F)cc1)C(=O)NC(C)(C)C(=O)N[C@@H](CC(C)C)C(=O)N[C@@H](CC(C)C)C(=O)NC(C)(C)C(=O)NC(C)(C)C(=O)N[C@@H](C)CN(C)C. The summed E-state index contributed by atoms with van der Waals surface area (Å²) in [6, 6.07) is 5.19. The lowest BCUT2D eigenvalue weighted by atomic mass is 9.85. The average molecular weight is 1190 g/mol. The number of carbonyl (C=O) groups is 9. The van der Waals surface area contributed by atoms with Crippen molar-refractivity contribution in [1.29, 1.82) is 0 Å². The number of carbonyl (C=O) groups excluding carboxylic acids is 9. The lowest BCUT2D eigenvalue weighted by Gasteiger charge is -2.34. The van der Waals surface area contributed by atoms with Crippen molar-refractivity contribution >= 4 is 53.2 Å². The van der Waals surface area contributed by atoms with E-state index < -0.39 is 112 Å². The average Bonchev–Trinajstić information content (AvgIpc) is 3.59. The number of likely N-dealkylation sites (N-methyl/N-ethyl adjacent to an activating group) is 1. The lowest BCUT2D eigenvalue weighted by Crippen LogP contribution is -2.65. The molecule has 2 aromatic rings. The van der Waals surface area contributed by atoms with Gasteiger partial charge in [-0.05, 0) is 179 Å². The van der Waals surface area contributed by atoms with Gasteiger partial charge in [0.05, 0.1) is 0 Å². The van der Waals surface area contributed by atoms with Gasteiger partial charge >= 0.3 is 0 Å². The topological polar surface area (TPSA) is 256 Å². The summed E-state index contributed by atoms with van der Waals surface area (Å²) in [5.74, 6) is -6.70. The van der Waals surface area contributed by atoms with Crippen molar-refractivity contribution in [3.63, 3.8) is 0 Å². The Bertz CT molecular complexity index is 2600. The van der Waals surface area contributed by atoms with Crippen molar-refractivity contribution < 1.29 is 51.9 Å². The van der Waals surface area contributed by atoms with Gasteiger partial charge in [-0.25, -0.2) is 8.78 Å². The fourth-order valence-corrected chi connectivity index (χ4v) is 11.1. The van der Waals surface area contributed by atoms with Gasteiger partial charge in [0, 0.05) is 24.7 Å². The van der Waals surface area contributed by atoms with E-state index in [1.54, 1.807) is 26.0 Å². The van der Waals surface area contributed by atoms with Crippen LogP contribution in [0.2, 0.25) is 0 Å². The molecule has 0 bridgehead atoms. The van der Waals surface area contributed by atoms with Crippen molar-refractivity contribution in [3.05, 3.63) is 71.3 Å². The molecule has 2 fully saturated rings. The van der Waals surface area contributed by atoms with Crippen LogP contribution in [0.1, 0.15) is 177 Å². The maximum atomic E-state index is 14.7. The Hall–Kier alpha value is -6.51. The summed E-state index contributed by atoms with van der Waals surface area (Å²) in [6.07, 6.45) is 7.12. The minimum absolute atomic E-state index is 0.106. The second-order valence-electron chi connectivity index (χ2n) is 27.0. The summed E-state index contributed by atoms with van der Waals surface area (Å²) in [7, 11) is 3.76. The van der Waals surface area contributed by atoms with Gasteiger partial charge in [0.2, 0.25) is 47.3 Å². The molecule has 0 spiro atoms. The van der Waals surface area contributed by atoms with Gasteiger partial charge in [-0.1, -0.05) is 85.8 Å². The van der Waals surface area contributed by atoms with Crippen molar-refractivity contribution in [2.45, 2.75) is 220 Å². The Balaban J connectivity index is 1.52. The van der Waals surface area contributed by atoms with Crippen LogP contribution in [0.15, 0.2) is 48.5 Å². The van der Waals surface area contributed by atoms with E-state index in [-0.39, 0.29) is 73.9 Å². The highest BCUT2D eigenvalue weighted by atomic mass is 19.1. The Morgan fingerprint density at radius 1 is 0.541 bits per heavy atom. The molecule has 19 nitrogen and oxygen atoms in total. The molecule has 85 heavy (non-hydrogen) atoms. The van der Waals surface area contributed by atoms with Gasteiger partial charge in [-0.3, -0.25) is 43.2 Å². The molecule has 1 aliphatic heterocycles. The molecule has 0 radical (unpaired) electrons. The number of halogens is 2. The van der Waals surface area contributed by atoms with E-state index >= 15 is 0 Å². The first-order valence-corrected chi connectivity index (χ1v) is 30.5. The van der Waals surface area contributed by atoms with E-state index in [1.807, 2.05) is 67.5 Å². The molecule has 8 N–H and O–H groups in total. The highest BCUT2D eigenvalue weighted by Gasteiger charge is 2.43. The van der Waals surface area contributed by atoms with Crippen molar-refractivity contribution in [2.75, 3.05) is 27.2 Å². The second-order valence-corrected chi connectivity index (χ2v) is 27.0. The summed E-state index contributed by atoms with van der Waals surface area (Å²) >= 11 is 0. The first kappa shape index (κ1) is 71.0. The molecule has 1 heterocycles. The Morgan fingerprint density at radius 2 is 0.988 bits per heavy atom. The molecular weight excluding hydrogens is 1090 g/mol. The van der Waals surface area contributed by atoms with E-state index in [0.29, 0.717) is 25.3 Å². The number of benzene rings is 2. The van der Waals surface area contributed by atoms with Crippen molar-refractivity contribution in [2.24, 2.45) is 29.6 Å². The Labute approximate surface area is 503 Å². The standard InChI is InChI=1S/C64H100F2N10O9/c1-38(2)31-49(54(78)70-51(33-40(5)6)56(80)73-64(12,13)61(85)74-63(10,11)59(83)67-41(7)36-75(14)15)71-60(84)62(8,9)72-55(79)50(32-39(3)4)69-53(77)48(30-23-42-19-17-16-18-20-42)68-57(81)52-35-44(34-43-21-26-46(65)27-22-43)37-76(52)58(82)45-24-28-47(66)29-25-45/h21-22,24-29,38-42,44,48-52H,16-20,23,30-37H2,1-15H3,(H,67,83)(H,68,81)(H,69,77)(H,70,78)(H,71,84)(H,72,79)(H,73,80)(H,74,85)/t41-,44+,48-,49-,50-,51-,52-/m0/s1. The number of nitrogens with one attached hydrogen (secondary N) is 8. The predicted molar refractivity (Wildman–Crippen MR) is 324 cm³/mol. The quantitative estimate of drug-likeness (QED) is 0.0438. The maximum Gasteiger partial charge on any atom is 0.254 e. The second kappa shape index (κ2) is 31.8. The number of likely N-dealkylation sites (tertiary alicyclic amines) is 1. The molecule has 1 aliphatic carbocycles. The number of amides is 9. The zero-order chi connectivity index (χ0) is 63.7. The van der Waals surface area contributed by atoms with E-state index in [4.69, 9.17) is 0 Å². The number of nitrogens with zero attached hydrogens (tertiary/aromatic N) is 2. The summed E-state index contributed by atoms with van der Waals surface area (Å²) in [6.45, 7) is 22.8. The minimum atomic E-state index is -1.67. The third-order valence-corrected chi connectivity index (χ3v) is 15.7. The third-order valence-electron chi connectivity index (χ3n) is 15.7. The van der Waals surface area contributed by atoms with Gasteiger partial charge in [0.1, 0.15) is 58.5 Å². The molecule has 9 amide bonds. The van der Waals surface area contributed by atoms with Crippen LogP contribution < -0.4 is 42.5 Å². The van der Waals surface area contributed by atoms with Gasteiger partial charge in [0.15, 0.2) is 0 Å². The molecule has 1 saturated carbocycles. The van der Waals surface area contributed by atoms with Gasteiger partial charge in [-0.2, -0.15) is 0 Å². The number of rotatable bonds is 30. The zero-order valence-electron chi connectivity index (χ0n) is 53.2. The highest BCUT2D eigenvalue weighted by Crippen LogP contribution is 2.31. The zero-order valence-corrected chi connectivity index (χ0v) is 53.2. The smallest absolute Gasteiger partial charge is 0.254 e. The lowest BCUT2D eigenvalue weighted by molar-refractivity contribution is -0.139. The molecule has 7 atom stereocenters. The number of hydrogen-bond donors (Lipinski definition) is 8. The third kappa shape index (κ3) is 22.7. The molecule has 1 saturated heterocycles. The Kier molecular flexibility index (Phi) is 26.5. The van der Waals surface area contributed by atoms with E-state index in [9.17, 15) is 51.9 Å². The van der Waals surface area contributed by atoms with Crippen LogP contribution >= 0.6 is 0 Å². The molecule has 21 heteroatoms. The van der Waals surface area contributed by atoms with Gasteiger partial charge in [-0.15, -0.1) is 0 Å². The molecule has 474 valence electrons. The fourth-order valence-electron chi connectivity index (χ4n) is 11.1. The minimum Gasteiger partial charge on any atom is -0.350 e. The van der Waals surface area contributed by atoms with Crippen LogP contribution in [0.5, 0.6) is 0 Å². The van der Waals surface area contributed by atoms with Crippen LogP contribution in [0, 0.1) is 41.2 Å². The van der Waals surface area contributed by atoms with Crippen LogP contribution in [0.4, 0.5) is 8.78 Å². The van der Waals surface area contributed by atoms with Gasteiger partial charge < -0.3 is 52.3 Å². The predicted octanol–water partition coefficient (Wildman–Crippen LogP) is 6.23. The summed E-state index contributed by atoms with van der Waals surface area (Å²) in [4.78, 5) is 131.